The Morgan fingerprint density at radius 3 is 1.86 bits per heavy atom. The van der Waals surface area contributed by atoms with Gasteiger partial charge in [0.2, 0.25) is 16.1 Å². The van der Waals surface area contributed by atoms with Crippen molar-refractivity contribution in [2.45, 2.75) is 17.7 Å². The highest BCUT2D eigenvalue weighted by Gasteiger charge is 2.29. The second kappa shape index (κ2) is 12.8. The average Bonchev–Trinajstić information content (AvgIpc) is 2.87. The summed E-state index contributed by atoms with van der Waals surface area (Å²) < 4.78 is 0. The van der Waals surface area contributed by atoms with E-state index in [1.54, 1.807) is 72.8 Å². The number of aliphatic carboxylic acids is 1. The maximum atomic E-state index is 13.1. The second-order valence-electron chi connectivity index (χ2n) is 7.49. The summed E-state index contributed by atoms with van der Waals surface area (Å²) in [6.07, 6.45) is -0.0124. The van der Waals surface area contributed by atoms with Gasteiger partial charge in [-0.15, -0.1) is 0 Å². The van der Waals surface area contributed by atoms with Crippen LogP contribution >= 0.6 is 23.5 Å². The molecule has 1 amide bonds. The number of carbonyl (C=O) groups excluding carboxylic acids is 3. The van der Waals surface area contributed by atoms with Gasteiger partial charge >= 0.3 is 5.97 Å². The number of nitrogens with one attached hydrogen (secondary N) is 1. The van der Waals surface area contributed by atoms with Gasteiger partial charge in [0.25, 0.3) is 0 Å². The van der Waals surface area contributed by atoms with Gasteiger partial charge < -0.3 is 15.5 Å². The van der Waals surface area contributed by atoms with Crippen LogP contribution in [0.2, 0.25) is 0 Å². The van der Waals surface area contributed by atoms with Gasteiger partial charge in [0.05, 0.1) is 0 Å². The van der Waals surface area contributed by atoms with E-state index in [0.717, 1.165) is 23.5 Å². The van der Waals surface area contributed by atoms with Crippen molar-refractivity contribution in [2.75, 3.05) is 5.75 Å². The number of phenolic OH excluding ortho intramolecular Hbond substituents is 1. The van der Waals surface area contributed by atoms with Crippen molar-refractivity contribution in [3.63, 3.8) is 0 Å². The number of thioether (sulfide) groups is 2. The lowest BCUT2D eigenvalue weighted by Crippen LogP contribution is -2.46. The van der Waals surface area contributed by atoms with Crippen LogP contribution in [0, 0.1) is 0 Å². The quantitative estimate of drug-likeness (QED) is 0.375. The normalized spacial score (nSPS) is 12.3. The Balaban J connectivity index is 1.73. The molecule has 0 spiro atoms. The van der Waals surface area contributed by atoms with Crippen LogP contribution in [0.3, 0.4) is 0 Å². The van der Waals surface area contributed by atoms with E-state index >= 15 is 0 Å². The second-order valence-corrected chi connectivity index (χ2v) is 9.66. The van der Waals surface area contributed by atoms with Gasteiger partial charge in [0.1, 0.15) is 17.0 Å². The Kier molecular flexibility index (Phi) is 9.51. The molecule has 0 aliphatic carbocycles. The highest BCUT2D eigenvalue weighted by Crippen LogP contribution is 2.24. The van der Waals surface area contributed by atoms with Crippen LogP contribution in [0.1, 0.15) is 26.3 Å². The van der Waals surface area contributed by atoms with E-state index < -0.39 is 23.2 Å². The molecule has 3 rings (SSSR count). The molecule has 3 N–H and O–H groups in total. The maximum Gasteiger partial charge on any atom is 0.326 e. The van der Waals surface area contributed by atoms with E-state index in [1.165, 1.54) is 12.1 Å². The first kappa shape index (κ1) is 26.1. The van der Waals surface area contributed by atoms with E-state index in [-0.39, 0.29) is 28.2 Å². The lowest BCUT2D eigenvalue weighted by atomic mass is 10.1. The molecule has 0 saturated carbocycles. The SMILES string of the molecule is O=C(SCC(SC(=O)c1ccccc1)C(=O)N[C@@H](Cc1ccc(O)cc1)C(=O)O)c1ccccc1. The molecule has 0 saturated heterocycles. The predicted octanol–water partition coefficient (Wildman–Crippen LogP) is 4.02. The number of hydrogen-bond acceptors (Lipinski definition) is 7. The number of rotatable bonds is 10. The number of amides is 1. The van der Waals surface area contributed by atoms with Crippen LogP contribution < -0.4 is 5.32 Å². The van der Waals surface area contributed by atoms with Gasteiger partial charge in [-0.25, -0.2) is 4.79 Å². The van der Waals surface area contributed by atoms with Gasteiger partial charge in [0, 0.05) is 23.3 Å². The zero-order chi connectivity index (χ0) is 25.2. The molecule has 9 heteroatoms. The molecule has 0 radical (unpaired) electrons. The van der Waals surface area contributed by atoms with Crippen LogP contribution in [0.5, 0.6) is 5.75 Å². The highest BCUT2D eigenvalue weighted by atomic mass is 32.2. The number of carbonyl (C=O) groups is 4. The third-order valence-corrected chi connectivity index (χ3v) is 7.24. The Hall–Kier alpha value is -3.56. The zero-order valence-electron chi connectivity index (χ0n) is 18.5. The van der Waals surface area contributed by atoms with Crippen molar-refractivity contribution in [3.05, 3.63) is 102 Å². The van der Waals surface area contributed by atoms with Crippen molar-refractivity contribution in [1.82, 2.24) is 5.32 Å². The van der Waals surface area contributed by atoms with Gasteiger partial charge in [-0.1, -0.05) is 96.3 Å². The lowest BCUT2D eigenvalue weighted by molar-refractivity contribution is -0.141. The topological polar surface area (TPSA) is 121 Å². The fourth-order valence-electron chi connectivity index (χ4n) is 3.08. The highest BCUT2D eigenvalue weighted by molar-refractivity contribution is 8.18. The van der Waals surface area contributed by atoms with Crippen LogP contribution in [0.15, 0.2) is 84.9 Å². The van der Waals surface area contributed by atoms with Crippen LogP contribution in [0.4, 0.5) is 0 Å². The van der Waals surface area contributed by atoms with Gasteiger partial charge in [0.15, 0.2) is 0 Å². The summed E-state index contributed by atoms with van der Waals surface area (Å²) in [5.41, 5.74) is 1.47. The van der Waals surface area contributed by atoms with Crippen LogP contribution in [-0.2, 0) is 16.0 Å². The molecule has 35 heavy (non-hydrogen) atoms. The van der Waals surface area contributed by atoms with Crippen molar-refractivity contribution in [3.8, 4) is 5.75 Å². The third-order valence-electron chi connectivity index (χ3n) is 4.92. The molecule has 3 aromatic rings. The Labute approximate surface area is 210 Å². The smallest absolute Gasteiger partial charge is 0.326 e. The number of benzene rings is 3. The summed E-state index contributed by atoms with van der Waals surface area (Å²) in [6, 6.07) is 21.7. The summed E-state index contributed by atoms with van der Waals surface area (Å²) in [6.45, 7) is 0. The minimum atomic E-state index is -1.25. The summed E-state index contributed by atoms with van der Waals surface area (Å²) in [7, 11) is 0. The van der Waals surface area contributed by atoms with Crippen molar-refractivity contribution in [1.29, 1.82) is 0 Å². The number of carboxylic acid groups (broad SMARTS) is 1. The first-order chi connectivity index (χ1) is 16.8. The molecular formula is C26H23NO6S2. The molecule has 1 unspecified atom stereocenters. The monoisotopic (exact) mass is 509 g/mol. The fraction of sp³-hybridized carbons (Fsp3) is 0.154. The van der Waals surface area contributed by atoms with Gasteiger partial charge in [-0.2, -0.15) is 0 Å². The average molecular weight is 510 g/mol. The molecule has 0 aromatic heterocycles. The molecule has 0 fully saturated rings. The van der Waals surface area contributed by atoms with Crippen molar-refractivity contribution < 1.29 is 29.4 Å². The van der Waals surface area contributed by atoms with Gasteiger partial charge in [-0.05, 0) is 17.7 Å². The Morgan fingerprint density at radius 2 is 1.31 bits per heavy atom. The summed E-state index contributed by atoms with van der Waals surface area (Å²) in [5, 5.41) is 20.0. The number of phenols is 1. The predicted molar refractivity (Wildman–Crippen MR) is 137 cm³/mol. The molecule has 0 bridgehead atoms. The van der Waals surface area contributed by atoms with Gasteiger partial charge in [-0.3, -0.25) is 14.4 Å². The van der Waals surface area contributed by atoms with E-state index in [1.807, 2.05) is 0 Å². The minimum Gasteiger partial charge on any atom is -0.508 e. The first-order valence-corrected chi connectivity index (χ1v) is 12.5. The van der Waals surface area contributed by atoms with E-state index in [2.05, 4.69) is 5.32 Å². The molecule has 0 aliphatic rings. The summed E-state index contributed by atoms with van der Waals surface area (Å²) in [4.78, 5) is 50.2. The first-order valence-electron chi connectivity index (χ1n) is 10.6. The zero-order valence-corrected chi connectivity index (χ0v) is 20.1. The third kappa shape index (κ3) is 8.01. The molecular weight excluding hydrogens is 486 g/mol. The lowest BCUT2D eigenvalue weighted by Gasteiger charge is -2.19. The standard InChI is InChI=1S/C26H23NO6S2/c28-20-13-11-17(12-14-20)15-21(24(30)31)27-23(29)22(35-26(33)19-9-5-2-6-10-19)16-34-25(32)18-7-3-1-4-8-18/h1-14,21-22,28H,15-16H2,(H,27,29)(H,30,31)/t21-,22?/m0/s1. The van der Waals surface area contributed by atoms with Crippen LogP contribution in [0.25, 0.3) is 0 Å². The van der Waals surface area contributed by atoms with Crippen molar-refractivity contribution >= 4 is 45.6 Å². The van der Waals surface area contributed by atoms with E-state index in [0.29, 0.717) is 16.7 Å². The Morgan fingerprint density at radius 1 is 0.771 bits per heavy atom. The molecule has 2 atom stereocenters. The number of carboxylic acids is 1. The summed E-state index contributed by atoms with van der Waals surface area (Å²) in [5.74, 6) is -1.87. The number of hydrogen-bond donors (Lipinski definition) is 3. The minimum absolute atomic E-state index is 0.0124. The fourth-order valence-corrected chi connectivity index (χ4v) is 5.01. The molecule has 0 aliphatic heterocycles. The summed E-state index contributed by atoms with van der Waals surface area (Å²) >= 11 is 1.65. The molecule has 0 heterocycles. The van der Waals surface area contributed by atoms with E-state index in [4.69, 9.17) is 0 Å². The molecule has 3 aromatic carbocycles. The van der Waals surface area contributed by atoms with E-state index in [9.17, 15) is 29.4 Å². The maximum absolute atomic E-state index is 13.1. The van der Waals surface area contributed by atoms with Crippen LogP contribution in [-0.4, -0.2) is 49.4 Å². The molecule has 7 nitrogen and oxygen atoms in total. The van der Waals surface area contributed by atoms with Crippen molar-refractivity contribution in [2.24, 2.45) is 0 Å². The number of aromatic hydroxyl groups is 1. The Bertz CT molecular complexity index is 1170. The largest absolute Gasteiger partial charge is 0.508 e. The molecule has 180 valence electrons.